The highest BCUT2D eigenvalue weighted by Crippen LogP contribution is 2.32. The van der Waals surface area contributed by atoms with Crippen molar-refractivity contribution in [3.8, 4) is 23.8 Å². The molecular weight excluding hydrogens is 152 g/mol. The second kappa shape index (κ2) is 2.78. The summed E-state index contributed by atoms with van der Waals surface area (Å²) >= 11 is 0. The number of terminal acetylenes is 1. The summed E-state index contributed by atoms with van der Waals surface area (Å²) in [4.78, 5) is 0. The van der Waals surface area contributed by atoms with Gasteiger partial charge in [0.25, 0.3) is 0 Å². The average molecular weight is 160 g/mol. The first-order valence-electron chi connectivity index (χ1n) is 3.77. The standard InChI is InChI=1S/C10H8O2/c1-2-8-4-3-5-9-10(8)12-7-6-11-9/h1,3-5H,6-7H2. The average Bonchev–Trinajstić information content (AvgIpc) is 2.17. The van der Waals surface area contributed by atoms with Gasteiger partial charge in [-0.3, -0.25) is 0 Å². The van der Waals surface area contributed by atoms with E-state index in [-0.39, 0.29) is 0 Å². The van der Waals surface area contributed by atoms with Crippen LogP contribution in [0.3, 0.4) is 0 Å². The second-order valence-corrected chi connectivity index (χ2v) is 2.47. The molecule has 0 N–H and O–H groups in total. The molecule has 2 heteroatoms. The molecule has 1 aliphatic heterocycles. The molecule has 1 aromatic carbocycles. The molecule has 1 aliphatic rings. The van der Waals surface area contributed by atoms with E-state index in [1.165, 1.54) is 0 Å². The molecular formula is C10H8O2. The van der Waals surface area contributed by atoms with Crippen LogP contribution in [-0.4, -0.2) is 13.2 Å². The van der Waals surface area contributed by atoms with Crippen molar-refractivity contribution in [1.82, 2.24) is 0 Å². The third kappa shape index (κ3) is 0.998. The molecule has 0 fully saturated rings. The number of hydrogen-bond acceptors (Lipinski definition) is 2. The van der Waals surface area contributed by atoms with Crippen LogP contribution < -0.4 is 9.47 Å². The van der Waals surface area contributed by atoms with Crippen molar-refractivity contribution in [1.29, 1.82) is 0 Å². The van der Waals surface area contributed by atoms with Crippen molar-refractivity contribution in [2.24, 2.45) is 0 Å². The summed E-state index contributed by atoms with van der Waals surface area (Å²) in [6, 6.07) is 5.56. The lowest BCUT2D eigenvalue weighted by Gasteiger charge is -2.18. The van der Waals surface area contributed by atoms with Gasteiger partial charge < -0.3 is 9.47 Å². The number of fused-ring (bicyclic) bond motifs is 1. The summed E-state index contributed by atoms with van der Waals surface area (Å²) in [6.45, 7) is 1.17. The SMILES string of the molecule is C#Cc1cccc2c1OCCO2. The van der Waals surface area contributed by atoms with Gasteiger partial charge in [-0.25, -0.2) is 0 Å². The first-order valence-corrected chi connectivity index (χ1v) is 3.77. The molecule has 2 nitrogen and oxygen atoms in total. The van der Waals surface area contributed by atoms with Crippen LogP contribution in [0.2, 0.25) is 0 Å². The van der Waals surface area contributed by atoms with Gasteiger partial charge in [0.05, 0.1) is 5.56 Å². The summed E-state index contributed by atoms with van der Waals surface area (Å²) in [6.07, 6.45) is 5.29. The summed E-state index contributed by atoms with van der Waals surface area (Å²) in [7, 11) is 0. The zero-order valence-corrected chi connectivity index (χ0v) is 6.54. The van der Waals surface area contributed by atoms with Gasteiger partial charge in [0, 0.05) is 0 Å². The molecule has 0 aliphatic carbocycles. The van der Waals surface area contributed by atoms with Crippen LogP contribution in [-0.2, 0) is 0 Å². The molecule has 0 radical (unpaired) electrons. The van der Waals surface area contributed by atoms with Gasteiger partial charge in [-0.15, -0.1) is 6.42 Å². The number of para-hydroxylation sites is 1. The van der Waals surface area contributed by atoms with Gasteiger partial charge in [-0.1, -0.05) is 12.0 Å². The van der Waals surface area contributed by atoms with E-state index >= 15 is 0 Å². The molecule has 0 saturated heterocycles. The summed E-state index contributed by atoms with van der Waals surface area (Å²) in [5, 5.41) is 0. The quantitative estimate of drug-likeness (QED) is 0.534. The third-order valence-corrected chi connectivity index (χ3v) is 1.72. The van der Waals surface area contributed by atoms with E-state index < -0.39 is 0 Å². The molecule has 1 heterocycles. The van der Waals surface area contributed by atoms with Gasteiger partial charge in [-0.2, -0.15) is 0 Å². The van der Waals surface area contributed by atoms with Crippen LogP contribution in [0.1, 0.15) is 5.56 Å². The van der Waals surface area contributed by atoms with Crippen LogP contribution in [0.4, 0.5) is 0 Å². The highest BCUT2D eigenvalue weighted by atomic mass is 16.6. The molecule has 0 atom stereocenters. The minimum absolute atomic E-state index is 0.575. The molecule has 0 aromatic heterocycles. The normalized spacial score (nSPS) is 13.6. The summed E-state index contributed by atoms with van der Waals surface area (Å²) in [5.74, 6) is 4.00. The molecule has 60 valence electrons. The lowest BCUT2D eigenvalue weighted by Crippen LogP contribution is -2.15. The fourth-order valence-electron chi connectivity index (χ4n) is 1.19. The largest absolute Gasteiger partial charge is 0.486 e. The van der Waals surface area contributed by atoms with Crippen LogP contribution in [0.25, 0.3) is 0 Å². The Labute approximate surface area is 71.1 Å². The Morgan fingerprint density at radius 2 is 2.08 bits per heavy atom. The first kappa shape index (κ1) is 7.05. The van der Waals surface area contributed by atoms with Gasteiger partial charge >= 0.3 is 0 Å². The van der Waals surface area contributed by atoms with E-state index in [9.17, 15) is 0 Å². The maximum Gasteiger partial charge on any atom is 0.176 e. The molecule has 1 aromatic rings. The van der Waals surface area contributed by atoms with Crippen LogP contribution in [0.15, 0.2) is 18.2 Å². The van der Waals surface area contributed by atoms with Gasteiger partial charge in [0.2, 0.25) is 0 Å². The van der Waals surface area contributed by atoms with Crippen molar-refractivity contribution in [2.45, 2.75) is 0 Å². The van der Waals surface area contributed by atoms with Crippen molar-refractivity contribution in [2.75, 3.05) is 13.2 Å². The van der Waals surface area contributed by atoms with Crippen LogP contribution in [0, 0.1) is 12.3 Å². The van der Waals surface area contributed by atoms with Gasteiger partial charge in [-0.05, 0) is 12.1 Å². The van der Waals surface area contributed by atoms with E-state index in [1.807, 2.05) is 18.2 Å². The van der Waals surface area contributed by atoms with E-state index in [2.05, 4.69) is 5.92 Å². The Morgan fingerprint density at radius 1 is 1.25 bits per heavy atom. The zero-order chi connectivity index (χ0) is 8.39. The van der Waals surface area contributed by atoms with E-state index in [0.717, 1.165) is 11.3 Å². The fraction of sp³-hybridized carbons (Fsp3) is 0.200. The van der Waals surface area contributed by atoms with E-state index in [0.29, 0.717) is 19.0 Å². The van der Waals surface area contributed by atoms with Gasteiger partial charge in [0.15, 0.2) is 11.5 Å². The Hall–Kier alpha value is -1.62. The Kier molecular flexibility index (Phi) is 1.64. The minimum atomic E-state index is 0.575. The highest BCUT2D eigenvalue weighted by Gasteiger charge is 2.13. The minimum Gasteiger partial charge on any atom is -0.486 e. The first-order chi connectivity index (χ1) is 5.92. The highest BCUT2D eigenvalue weighted by molar-refractivity contribution is 5.54. The smallest absolute Gasteiger partial charge is 0.176 e. The lowest BCUT2D eigenvalue weighted by atomic mass is 10.2. The Bertz CT molecular complexity index is 336. The van der Waals surface area contributed by atoms with Crippen molar-refractivity contribution in [3.63, 3.8) is 0 Å². The summed E-state index contributed by atoms with van der Waals surface area (Å²) in [5.41, 5.74) is 0.757. The molecule has 0 spiro atoms. The lowest BCUT2D eigenvalue weighted by molar-refractivity contribution is 0.171. The molecule has 0 bridgehead atoms. The maximum absolute atomic E-state index is 5.38. The maximum atomic E-state index is 5.38. The summed E-state index contributed by atoms with van der Waals surface area (Å²) < 4.78 is 10.7. The second-order valence-electron chi connectivity index (χ2n) is 2.47. The number of benzene rings is 1. The Balaban J connectivity index is 2.53. The van der Waals surface area contributed by atoms with Crippen molar-refractivity contribution in [3.05, 3.63) is 23.8 Å². The zero-order valence-electron chi connectivity index (χ0n) is 6.54. The predicted molar refractivity (Wildman–Crippen MR) is 45.4 cm³/mol. The molecule has 0 saturated carbocycles. The van der Waals surface area contributed by atoms with E-state index in [1.54, 1.807) is 0 Å². The fourth-order valence-corrected chi connectivity index (χ4v) is 1.19. The van der Waals surface area contributed by atoms with Crippen LogP contribution in [0.5, 0.6) is 11.5 Å². The number of hydrogen-bond donors (Lipinski definition) is 0. The molecule has 0 amide bonds. The Morgan fingerprint density at radius 3 is 2.92 bits per heavy atom. The van der Waals surface area contributed by atoms with E-state index in [4.69, 9.17) is 15.9 Å². The molecule has 0 unspecified atom stereocenters. The number of ether oxygens (including phenoxy) is 2. The van der Waals surface area contributed by atoms with Gasteiger partial charge in [0.1, 0.15) is 13.2 Å². The van der Waals surface area contributed by atoms with Crippen molar-refractivity contribution >= 4 is 0 Å². The number of rotatable bonds is 0. The predicted octanol–water partition coefficient (Wildman–Crippen LogP) is 1.44. The van der Waals surface area contributed by atoms with Crippen LogP contribution >= 0.6 is 0 Å². The molecule has 2 rings (SSSR count). The topological polar surface area (TPSA) is 18.5 Å². The molecule has 12 heavy (non-hydrogen) atoms. The monoisotopic (exact) mass is 160 g/mol. The van der Waals surface area contributed by atoms with Crippen molar-refractivity contribution < 1.29 is 9.47 Å². The third-order valence-electron chi connectivity index (χ3n) is 1.72.